The lowest BCUT2D eigenvalue weighted by atomic mass is 10.1. The van der Waals surface area contributed by atoms with E-state index in [-0.39, 0.29) is 25.3 Å². The van der Waals surface area contributed by atoms with Gasteiger partial charge in [-0.15, -0.1) is 0 Å². The maximum absolute atomic E-state index is 12.4. The number of ether oxygens (including phenoxy) is 3. The van der Waals surface area contributed by atoms with Gasteiger partial charge in [0.1, 0.15) is 0 Å². The van der Waals surface area contributed by atoms with Crippen LogP contribution in [-0.4, -0.2) is 29.8 Å². The number of aromatic nitrogens is 1. The number of rotatable bonds is 6. The molecule has 1 aliphatic carbocycles. The third kappa shape index (κ3) is 3.56. The number of nitrogens with zero attached hydrogens (tertiary/aromatic N) is 1. The number of nitrogens with one attached hydrogen (secondary N) is 1. The highest BCUT2D eigenvalue weighted by Gasteiger charge is 2.29. The lowest BCUT2D eigenvalue weighted by molar-refractivity contribution is -0.124. The van der Waals surface area contributed by atoms with Gasteiger partial charge in [0, 0.05) is 17.4 Å². The van der Waals surface area contributed by atoms with E-state index in [1.807, 2.05) is 45.0 Å². The lowest BCUT2D eigenvalue weighted by Crippen LogP contribution is -2.31. The Labute approximate surface area is 163 Å². The van der Waals surface area contributed by atoms with Gasteiger partial charge in [0.05, 0.1) is 11.6 Å². The van der Waals surface area contributed by atoms with Crippen LogP contribution in [0.3, 0.4) is 0 Å². The molecule has 0 bridgehead atoms. The number of carbonyl (C=O) groups is 2. The summed E-state index contributed by atoms with van der Waals surface area (Å²) in [6.45, 7) is 5.66. The van der Waals surface area contributed by atoms with Crippen LogP contribution >= 0.6 is 0 Å². The molecule has 2 aromatic rings. The number of carbonyl (C=O) groups excluding carboxylic acids is 2. The van der Waals surface area contributed by atoms with Gasteiger partial charge in [0.15, 0.2) is 18.1 Å². The molecule has 7 nitrogen and oxygen atoms in total. The van der Waals surface area contributed by atoms with Crippen molar-refractivity contribution in [1.29, 1.82) is 0 Å². The van der Waals surface area contributed by atoms with Gasteiger partial charge in [-0.3, -0.25) is 4.79 Å². The molecule has 2 aliphatic rings. The van der Waals surface area contributed by atoms with Crippen molar-refractivity contribution in [3.63, 3.8) is 0 Å². The SMILES string of the molecule is Cc1cc(C(=O)OCC(=O)N[C@H](C)c2ccc3c(c2)OCO3)c(C)n1C1CC1. The number of hydrogen-bond donors (Lipinski definition) is 1. The monoisotopic (exact) mass is 384 g/mol. The predicted molar refractivity (Wildman–Crippen MR) is 102 cm³/mol. The molecule has 1 N–H and O–H groups in total. The predicted octanol–water partition coefficient (Wildman–Crippen LogP) is 3.20. The van der Waals surface area contributed by atoms with E-state index in [4.69, 9.17) is 14.2 Å². The fraction of sp³-hybridized carbons (Fsp3) is 0.429. The Hall–Kier alpha value is -2.96. The summed E-state index contributed by atoms with van der Waals surface area (Å²) in [6, 6.07) is 7.61. The summed E-state index contributed by atoms with van der Waals surface area (Å²) in [5.74, 6) is 0.538. The standard InChI is InChI=1S/C21H24N2O5/c1-12-8-17(14(3)23(12)16-5-6-16)21(25)26-10-20(24)22-13(2)15-4-7-18-19(9-15)28-11-27-18/h4,7-9,13,16H,5-6,10-11H2,1-3H3,(H,22,24)/t13-/m1/s1. The molecule has 1 aromatic carbocycles. The highest BCUT2D eigenvalue weighted by atomic mass is 16.7. The van der Waals surface area contributed by atoms with Crippen molar-refractivity contribution in [2.24, 2.45) is 0 Å². The van der Waals surface area contributed by atoms with E-state index in [0.29, 0.717) is 23.1 Å². The quantitative estimate of drug-likeness (QED) is 0.774. The van der Waals surface area contributed by atoms with E-state index in [9.17, 15) is 9.59 Å². The van der Waals surface area contributed by atoms with Crippen molar-refractivity contribution in [3.8, 4) is 11.5 Å². The smallest absolute Gasteiger partial charge is 0.340 e. The average Bonchev–Trinajstić information content (AvgIpc) is 3.30. The minimum atomic E-state index is -0.467. The van der Waals surface area contributed by atoms with E-state index in [1.165, 1.54) is 0 Å². The molecule has 0 spiro atoms. The fourth-order valence-electron chi connectivity index (χ4n) is 3.64. The molecule has 1 aromatic heterocycles. The van der Waals surface area contributed by atoms with Crippen molar-refractivity contribution in [1.82, 2.24) is 9.88 Å². The molecule has 1 saturated carbocycles. The molecule has 148 valence electrons. The highest BCUT2D eigenvalue weighted by Crippen LogP contribution is 2.38. The highest BCUT2D eigenvalue weighted by molar-refractivity contribution is 5.92. The molecule has 1 atom stereocenters. The summed E-state index contributed by atoms with van der Waals surface area (Å²) in [7, 11) is 0. The van der Waals surface area contributed by atoms with Crippen LogP contribution in [0.15, 0.2) is 24.3 Å². The van der Waals surface area contributed by atoms with Gasteiger partial charge in [-0.2, -0.15) is 0 Å². The third-order valence-corrected chi connectivity index (χ3v) is 5.22. The molecule has 1 amide bonds. The number of amides is 1. The maximum Gasteiger partial charge on any atom is 0.340 e. The zero-order chi connectivity index (χ0) is 19.8. The van der Waals surface area contributed by atoms with Gasteiger partial charge in [-0.05, 0) is 57.4 Å². The summed E-state index contributed by atoms with van der Waals surface area (Å²) in [6.07, 6.45) is 2.29. The van der Waals surface area contributed by atoms with Crippen LogP contribution in [-0.2, 0) is 9.53 Å². The molecule has 28 heavy (non-hydrogen) atoms. The van der Waals surface area contributed by atoms with Gasteiger partial charge in [0.25, 0.3) is 5.91 Å². The molecule has 2 heterocycles. The molecular weight excluding hydrogens is 360 g/mol. The molecule has 7 heteroatoms. The minimum absolute atomic E-state index is 0.205. The van der Waals surface area contributed by atoms with Crippen LogP contribution in [0.4, 0.5) is 0 Å². The second-order valence-electron chi connectivity index (χ2n) is 7.36. The Balaban J connectivity index is 1.33. The first-order valence-electron chi connectivity index (χ1n) is 9.48. The Morgan fingerprint density at radius 1 is 1.21 bits per heavy atom. The van der Waals surface area contributed by atoms with Crippen LogP contribution in [0, 0.1) is 13.8 Å². The third-order valence-electron chi connectivity index (χ3n) is 5.22. The molecule has 1 fully saturated rings. The van der Waals surface area contributed by atoms with Crippen LogP contribution < -0.4 is 14.8 Å². The normalized spacial score (nSPS) is 16.0. The summed E-state index contributed by atoms with van der Waals surface area (Å²) in [4.78, 5) is 24.6. The van der Waals surface area contributed by atoms with Crippen molar-refractivity contribution < 1.29 is 23.8 Å². The average molecular weight is 384 g/mol. The number of benzene rings is 1. The van der Waals surface area contributed by atoms with E-state index in [1.54, 1.807) is 0 Å². The minimum Gasteiger partial charge on any atom is -0.454 e. The Bertz CT molecular complexity index is 929. The molecule has 0 radical (unpaired) electrons. The van der Waals surface area contributed by atoms with Gasteiger partial charge in [0.2, 0.25) is 6.79 Å². The van der Waals surface area contributed by atoms with E-state index in [2.05, 4.69) is 9.88 Å². The van der Waals surface area contributed by atoms with Crippen LogP contribution in [0.1, 0.15) is 59.2 Å². The Kier molecular flexibility index (Phi) is 4.75. The first-order valence-corrected chi connectivity index (χ1v) is 9.48. The second-order valence-corrected chi connectivity index (χ2v) is 7.36. The summed E-state index contributed by atoms with van der Waals surface area (Å²) < 4.78 is 18.1. The van der Waals surface area contributed by atoms with Gasteiger partial charge < -0.3 is 24.1 Å². The van der Waals surface area contributed by atoms with Crippen LogP contribution in [0.2, 0.25) is 0 Å². The summed E-state index contributed by atoms with van der Waals surface area (Å²) in [5, 5.41) is 2.84. The zero-order valence-electron chi connectivity index (χ0n) is 16.3. The number of fused-ring (bicyclic) bond motifs is 1. The largest absolute Gasteiger partial charge is 0.454 e. The fourth-order valence-corrected chi connectivity index (χ4v) is 3.64. The maximum atomic E-state index is 12.4. The number of hydrogen-bond acceptors (Lipinski definition) is 5. The molecular formula is C21H24N2O5. The molecule has 4 rings (SSSR count). The molecule has 0 unspecified atom stereocenters. The lowest BCUT2D eigenvalue weighted by Gasteiger charge is -2.15. The van der Waals surface area contributed by atoms with Gasteiger partial charge in [-0.1, -0.05) is 6.07 Å². The van der Waals surface area contributed by atoms with E-state index in [0.717, 1.165) is 29.8 Å². The van der Waals surface area contributed by atoms with Gasteiger partial charge >= 0.3 is 5.97 Å². The van der Waals surface area contributed by atoms with Gasteiger partial charge in [-0.25, -0.2) is 4.79 Å². The first kappa shape index (κ1) is 18.4. The van der Waals surface area contributed by atoms with Crippen molar-refractivity contribution in [2.45, 2.75) is 45.7 Å². The Morgan fingerprint density at radius 2 is 1.96 bits per heavy atom. The zero-order valence-corrected chi connectivity index (χ0v) is 16.3. The second kappa shape index (κ2) is 7.22. The summed E-state index contributed by atoms with van der Waals surface area (Å²) in [5.41, 5.74) is 3.37. The van der Waals surface area contributed by atoms with Crippen molar-refractivity contribution >= 4 is 11.9 Å². The van der Waals surface area contributed by atoms with Crippen LogP contribution in [0.5, 0.6) is 11.5 Å². The topological polar surface area (TPSA) is 78.8 Å². The Morgan fingerprint density at radius 3 is 2.71 bits per heavy atom. The van der Waals surface area contributed by atoms with E-state index < -0.39 is 5.97 Å². The number of esters is 1. The van der Waals surface area contributed by atoms with Crippen LogP contribution in [0.25, 0.3) is 0 Å². The summed E-state index contributed by atoms with van der Waals surface area (Å²) >= 11 is 0. The molecule has 1 aliphatic heterocycles. The van der Waals surface area contributed by atoms with E-state index >= 15 is 0 Å². The van der Waals surface area contributed by atoms with Crippen molar-refractivity contribution in [2.75, 3.05) is 13.4 Å². The number of aryl methyl sites for hydroxylation is 1. The first-order chi connectivity index (χ1) is 13.4. The van der Waals surface area contributed by atoms with Crippen molar-refractivity contribution in [3.05, 3.63) is 46.8 Å². The molecule has 0 saturated heterocycles.